The molecule has 0 aliphatic carbocycles. The molecule has 0 heterocycles. The molecule has 6 nitrogen and oxygen atoms in total. The summed E-state index contributed by atoms with van der Waals surface area (Å²) in [7, 11) is 3.09. The molecule has 1 amide bonds. The first-order valence-electron chi connectivity index (χ1n) is 9.45. The smallest absolute Gasteiger partial charge is 0.310 e. The summed E-state index contributed by atoms with van der Waals surface area (Å²) in [6.45, 7) is 6.02. The van der Waals surface area contributed by atoms with Crippen molar-refractivity contribution in [3.63, 3.8) is 0 Å². The van der Waals surface area contributed by atoms with Crippen LogP contribution in [0.5, 0.6) is 11.5 Å². The summed E-state index contributed by atoms with van der Waals surface area (Å²) in [5, 5.41) is 0. The predicted octanol–water partition coefficient (Wildman–Crippen LogP) is 3.62. The average molecular weight is 399 g/mol. The Kier molecular flexibility index (Phi) is 7.65. The molecular weight excluding hydrogens is 370 g/mol. The molecule has 0 saturated heterocycles. The first kappa shape index (κ1) is 22.3. The summed E-state index contributed by atoms with van der Waals surface area (Å²) in [5.41, 5.74) is 1.28. The van der Waals surface area contributed by atoms with Crippen molar-refractivity contribution >= 4 is 11.9 Å². The number of esters is 1. The van der Waals surface area contributed by atoms with Gasteiger partial charge in [0.1, 0.15) is 11.5 Å². The third-order valence-corrected chi connectivity index (χ3v) is 4.48. The van der Waals surface area contributed by atoms with Gasteiger partial charge in [0, 0.05) is 23.7 Å². The molecule has 0 spiro atoms. The molecule has 0 atom stereocenters. The highest BCUT2D eigenvalue weighted by molar-refractivity contribution is 5.82. The first-order valence-corrected chi connectivity index (χ1v) is 9.45. The van der Waals surface area contributed by atoms with Gasteiger partial charge in [0.15, 0.2) is 6.61 Å². The van der Waals surface area contributed by atoms with Gasteiger partial charge in [0.05, 0.1) is 20.6 Å². The molecular formula is C23H29NO5. The fourth-order valence-electron chi connectivity index (χ4n) is 2.89. The second-order valence-electron chi connectivity index (χ2n) is 7.65. The Morgan fingerprint density at radius 1 is 0.966 bits per heavy atom. The van der Waals surface area contributed by atoms with Crippen LogP contribution >= 0.6 is 0 Å². The molecule has 0 radical (unpaired) electrons. The lowest BCUT2D eigenvalue weighted by atomic mass is 10.0. The van der Waals surface area contributed by atoms with E-state index in [1.54, 1.807) is 30.2 Å². The Labute approximate surface area is 172 Å². The van der Waals surface area contributed by atoms with Crippen molar-refractivity contribution < 1.29 is 23.8 Å². The standard InChI is InChI=1S/C23H29NO5/c1-23(2,3)24(15-17-9-7-6-8-10-17)21(25)16-29-22(26)13-18-11-12-19(27-4)14-20(18)28-5/h6-12,14H,13,15-16H2,1-5H3. The fourth-order valence-corrected chi connectivity index (χ4v) is 2.89. The summed E-state index contributed by atoms with van der Waals surface area (Å²) < 4.78 is 15.7. The number of carbonyl (C=O) groups is 2. The van der Waals surface area contributed by atoms with Crippen molar-refractivity contribution in [2.45, 2.75) is 39.3 Å². The van der Waals surface area contributed by atoms with Crippen molar-refractivity contribution in [3.05, 3.63) is 59.7 Å². The summed E-state index contributed by atoms with van der Waals surface area (Å²) in [6, 6.07) is 14.9. The number of nitrogens with zero attached hydrogens (tertiary/aromatic N) is 1. The molecule has 0 aliphatic heterocycles. The van der Waals surface area contributed by atoms with E-state index in [0.29, 0.717) is 23.6 Å². The van der Waals surface area contributed by atoms with Gasteiger partial charge in [0.25, 0.3) is 5.91 Å². The van der Waals surface area contributed by atoms with Gasteiger partial charge in [-0.05, 0) is 32.4 Å². The monoisotopic (exact) mass is 399 g/mol. The van der Waals surface area contributed by atoms with E-state index in [-0.39, 0.29) is 18.9 Å². The zero-order chi connectivity index (χ0) is 21.4. The Morgan fingerprint density at radius 3 is 2.24 bits per heavy atom. The third-order valence-electron chi connectivity index (χ3n) is 4.48. The number of hydrogen-bond acceptors (Lipinski definition) is 5. The molecule has 2 rings (SSSR count). The van der Waals surface area contributed by atoms with E-state index in [0.717, 1.165) is 5.56 Å². The predicted molar refractivity (Wildman–Crippen MR) is 111 cm³/mol. The number of benzene rings is 2. The number of hydrogen-bond donors (Lipinski definition) is 0. The molecule has 0 fully saturated rings. The van der Waals surface area contributed by atoms with Crippen molar-refractivity contribution in [3.8, 4) is 11.5 Å². The zero-order valence-corrected chi connectivity index (χ0v) is 17.7. The van der Waals surface area contributed by atoms with Crippen LogP contribution < -0.4 is 9.47 Å². The van der Waals surface area contributed by atoms with E-state index in [2.05, 4.69) is 0 Å². The van der Waals surface area contributed by atoms with Crippen LogP contribution in [0.25, 0.3) is 0 Å². The van der Waals surface area contributed by atoms with Crippen molar-refractivity contribution in [1.29, 1.82) is 0 Å². The van der Waals surface area contributed by atoms with Gasteiger partial charge in [0.2, 0.25) is 0 Å². The van der Waals surface area contributed by atoms with Crippen LogP contribution in [0.15, 0.2) is 48.5 Å². The highest BCUT2D eigenvalue weighted by Gasteiger charge is 2.27. The van der Waals surface area contributed by atoms with Crippen LogP contribution in [-0.2, 0) is 27.3 Å². The molecule has 0 aliphatic rings. The Bertz CT molecular complexity index is 827. The Morgan fingerprint density at radius 2 is 1.66 bits per heavy atom. The molecule has 6 heteroatoms. The normalized spacial score (nSPS) is 10.9. The van der Waals surface area contributed by atoms with E-state index in [1.165, 1.54) is 7.11 Å². The van der Waals surface area contributed by atoms with Gasteiger partial charge in [-0.15, -0.1) is 0 Å². The van der Waals surface area contributed by atoms with Crippen LogP contribution in [0, 0.1) is 0 Å². The number of carbonyl (C=O) groups excluding carboxylic acids is 2. The van der Waals surface area contributed by atoms with E-state index >= 15 is 0 Å². The molecule has 2 aromatic carbocycles. The Hall–Kier alpha value is -3.02. The van der Waals surface area contributed by atoms with Crippen LogP contribution in [0.4, 0.5) is 0 Å². The number of amides is 1. The maximum Gasteiger partial charge on any atom is 0.310 e. The van der Waals surface area contributed by atoms with E-state index < -0.39 is 11.5 Å². The SMILES string of the molecule is COc1ccc(CC(=O)OCC(=O)N(Cc2ccccc2)C(C)(C)C)c(OC)c1. The van der Waals surface area contributed by atoms with Gasteiger partial charge in [-0.1, -0.05) is 36.4 Å². The topological polar surface area (TPSA) is 65.1 Å². The van der Waals surface area contributed by atoms with Gasteiger partial charge < -0.3 is 19.1 Å². The maximum absolute atomic E-state index is 12.8. The lowest BCUT2D eigenvalue weighted by Crippen LogP contribution is -2.46. The highest BCUT2D eigenvalue weighted by atomic mass is 16.5. The molecule has 0 bridgehead atoms. The summed E-state index contributed by atoms with van der Waals surface area (Å²) in [4.78, 5) is 26.8. The second-order valence-corrected chi connectivity index (χ2v) is 7.65. The highest BCUT2D eigenvalue weighted by Crippen LogP contribution is 2.25. The Balaban J connectivity index is 1.99. The van der Waals surface area contributed by atoms with Crippen LogP contribution in [0.3, 0.4) is 0 Å². The van der Waals surface area contributed by atoms with Gasteiger partial charge in [-0.2, -0.15) is 0 Å². The van der Waals surface area contributed by atoms with Crippen LogP contribution in [0.1, 0.15) is 31.9 Å². The maximum atomic E-state index is 12.8. The second kappa shape index (κ2) is 9.96. The largest absolute Gasteiger partial charge is 0.497 e. The van der Waals surface area contributed by atoms with E-state index in [1.807, 2.05) is 51.1 Å². The molecule has 0 unspecified atom stereocenters. The number of rotatable bonds is 8. The lowest BCUT2D eigenvalue weighted by Gasteiger charge is -2.35. The molecule has 156 valence electrons. The molecule has 2 aromatic rings. The fraction of sp³-hybridized carbons (Fsp3) is 0.391. The van der Waals surface area contributed by atoms with E-state index in [9.17, 15) is 9.59 Å². The van der Waals surface area contributed by atoms with Crippen molar-refractivity contribution in [1.82, 2.24) is 4.90 Å². The quantitative estimate of drug-likeness (QED) is 0.635. The molecule has 0 aromatic heterocycles. The molecule has 0 N–H and O–H groups in total. The minimum Gasteiger partial charge on any atom is -0.497 e. The van der Waals surface area contributed by atoms with Crippen molar-refractivity contribution in [2.75, 3.05) is 20.8 Å². The minimum absolute atomic E-state index is 0.00858. The van der Waals surface area contributed by atoms with Gasteiger partial charge in [-0.25, -0.2) is 0 Å². The molecule has 0 saturated carbocycles. The van der Waals surface area contributed by atoms with Crippen molar-refractivity contribution in [2.24, 2.45) is 0 Å². The summed E-state index contributed by atoms with van der Waals surface area (Å²) in [5.74, 6) is 0.440. The van der Waals surface area contributed by atoms with Gasteiger partial charge >= 0.3 is 5.97 Å². The van der Waals surface area contributed by atoms with E-state index in [4.69, 9.17) is 14.2 Å². The van der Waals surface area contributed by atoms with Gasteiger partial charge in [-0.3, -0.25) is 9.59 Å². The first-order chi connectivity index (χ1) is 13.7. The van der Waals surface area contributed by atoms with Crippen LogP contribution in [0.2, 0.25) is 0 Å². The summed E-state index contributed by atoms with van der Waals surface area (Å²) in [6.07, 6.45) is 0.00858. The molecule has 29 heavy (non-hydrogen) atoms. The number of ether oxygens (including phenoxy) is 3. The average Bonchev–Trinajstić information content (AvgIpc) is 2.70. The third kappa shape index (κ3) is 6.52. The summed E-state index contributed by atoms with van der Waals surface area (Å²) >= 11 is 0. The lowest BCUT2D eigenvalue weighted by molar-refractivity contribution is -0.154. The minimum atomic E-state index is -0.490. The zero-order valence-electron chi connectivity index (χ0n) is 17.7. The number of methoxy groups -OCH3 is 2. The van der Waals surface area contributed by atoms with Crippen LogP contribution in [-0.4, -0.2) is 43.1 Å².